The average Bonchev–Trinajstić information content (AvgIpc) is 3.48. The number of carboxylic acid groups (broad SMARTS) is 1. The van der Waals surface area contributed by atoms with Gasteiger partial charge in [0.1, 0.15) is 5.82 Å². The Hall–Kier alpha value is -3.17. The van der Waals surface area contributed by atoms with Gasteiger partial charge in [-0.3, -0.25) is 9.69 Å². The van der Waals surface area contributed by atoms with Crippen molar-refractivity contribution in [2.75, 3.05) is 24.6 Å². The van der Waals surface area contributed by atoms with E-state index in [1.807, 2.05) is 25.1 Å². The van der Waals surface area contributed by atoms with E-state index in [-0.39, 0.29) is 17.7 Å². The van der Waals surface area contributed by atoms with Crippen molar-refractivity contribution in [1.29, 1.82) is 0 Å². The number of fused-ring (bicyclic) bond motifs is 3. The van der Waals surface area contributed by atoms with Crippen molar-refractivity contribution in [3.63, 3.8) is 0 Å². The van der Waals surface area contributed by atoms with Gasteiger partial charge < -0.3 is 24.3 Å². The summed E-state index contributed by atoms with van der Waals surface area (Å²) < 4.78 is 9.63. The minimum Gasteiger partial charge on any atom is -0.465 e. The summed E-state index contributed by atoms with van der Waals surface area (Å²) in [4.78, 5) is 30.7. The van der Waals surface area contributed by atoms with Crippen molar-refractivity contribution < 1.29 is 14.6 Å². The fourth-order valence-corrected chi connectivity index (χ4v) is 5.33. The van der Waals surface area contributed by atoms with Crippen LogP contribution in [0.3, 0.4) is 0 Å². The van der Waals surface area contributed by atoms with Crippen LogP contribution in [0.25, 0.3) is 11.0 Å². The average molecular weight is 480 g/mol. The zero-order valence-corrected chi connectivity index (χ0v) is 20.2. The molecule has 1 saturated heterocycles. The monoisotopic (exact) mass is 479 g/mol. The molecule has 186 valence electrons. The fraction of sp³-hybridized carbons (Fsp3) is 0.500. The van der Waals surface area contributed by atoms with E-state index in [1.54, 1.807) is 22.9 Å². The molecule has 1 aromatic carbocycles. The van der Waals surface area contributed by atoms with Gasteiger partial charge in [-0.15, -0.1) is 0 Å². The van der Waals surface area contributed by atoms with Crippen LogP contribution in [0.2, 0.25) is 0 Å². The standard InChI is InChI=1S/C26H33N5O4/c1-18-7-8-20-21(31(18)26(33)34)9-10-22-25(20)28-23(11-14-29-13-3-2-6-24(29)32)30(22)15-12-27-17-19-5-4-16-35-19/h2-3,6,9-10,13,18-19,27H,4-5,7-8,11-12,14-17H2,1H3,(H,33,34)/t18-,19+/m0/s1. The molecule has 0 saturated carbocycles. The molecule has 0 aliphatic carbocycles. The number of hydrogen-bond acceptors (Lipinski definition) is 5. The molecule has 4 heterocycles. The Bertz CT molecular complexity index is 1260. The second-order valence-corrected chi connectivity index (χ2v) is 9.47. The van der Waals surface area contributed by atoms with Crippen molar-refractivity contribution in [3.8, 4) is 0 Å². The fourth-order valence-electron chi connectivity index (χ4n) is 5.33. The number of hydrogen-bond donors (Lipinski definition) is 2. The molecule has 3 aromatic rings. The van der Waals surface area contributed by atoms with Crippen LogP contribution in [-0.4, -0.2) is 57.2 Å². The number of aromatic nitrogens is 3. The van der Waals surface area contributed by atoms with E-state index in [0.29, 0.717) is 13.0 Å². The molecule has 0 unspecified atom stereocenters. The number of nitrogens with zero attached hydrogens (tertiary/aromatic N) is 4. The molecule has 9 heteroatoms. The van der Waals surface area contributed by atoms with E-state index in [0.717, 1.165) is 80.0 Å². The Labute approximate surface area is 204 Å². The number of pyridine rings is 1. The third-order valence-corrected chi connectivity index (χ3v) is 7.18. The lowest BCUT2D eigenvalue weighted by molar-refractivity contribution is 0.110. The number of carbonyl (C=O) groups is 1. The van der Waals surface area contributed by atoms with Crippen LogP contribution >= 0.6 is 0 Å². The summed E-state index contributed by atoms with van der Waals surface area (Å²) in [5.41, 5.74) is 3.58. The van der Waals surface area contributed by atoms with Gasteiger partial charge >= 0.3 is 6.09 Å². The largest absolute Gasteiger partial charge is 0.465 e. The molecule has 2 aromatic heterocycles. The van der Waals surface area contributed by atoms with Gasteiger partial charge in [0.2, 0.25) is 0 Å². The first-order valence-corrected chi connectivity index (χ1v) is 12.5. The molecule has 9 nitrogen and oxygen atoms in total. The van der Waals surface area contributed by atoms with E-state index >= 15 is 0 Å². The SMILES string of the molecule is C[C@H]1CCc2c(ccc3c2nc(CCn2ccccc2=O)n3CCNC[C@H]2CCCO2)N1C(=O)O. The minimum atomic E-state index is -0.931. The third kappa shape index (κ3) is 4.83. The second kappa shape index (κ2) is 10.2. The van der Waals surface area contributed by atoms with Crippen LogP contribution in [0, 0.1) is 0 Å². The predicted molar refractivity (Wildman–Crippen MR) is 134 cm³/mol. The summed E-state index contributed by atoms with van der Waals surface area (Å²) in [7, 11) is 0. The van der Waals surface area contributed by atoms with Crippen LogP contribution in [0.1, 0.15) is 37.6 Å². The number of anilines is 1. The lowest BCUT2D eigenvalue weighted by Crippen LogP contribution is -2.41. The highest BCUT2D eigenvalue weighted by molar-refractivity contribution is 5.94. The Morgan fingerprint density at radius 2 is 2.11 bits per heavy atom. The molecule has 5 rings (SSSR count). The first-order valence-electron chi connectivity index (χ1n) is 12.5. The Balaban J connectivity index is 1.45. The topological polar surface area (TPSA) is 102 Å². The van der Waals surface area contributed by atoms with Crippen molar-refractivity contribution in [2.45, 2.75) is 64.3 Å². The lowest BCUT2D eigenvalue weighted by atomic mass is 9.96. The van der Waals surface area contributed by atoms with Gasteiger partial charge in [-0.25, -0.2) is 9.78 Å². The van der Waals surface area contributed by atoms with Crippen LogP contribution < -0.4 is 15.8 Å². The van der Waals surface area contributed by atoms with Gasteiger partial charge in [0.05, 0.1) is 22.8 Å². The summed E-state index contributed by atoms with van der Waals surface area (Å²) in [6, 6.07) is 9.02. The highest BCUT2D eigenvalue weighted by atomic mass is 16.5. The predicted octanol–water partition coefficient (Wildman–Crippen LogP) is 3.03. The Morgan fingerprint density at radius 1 is 1.23 bits per heavy atom. The van der Waals surface area contributed by atoms with Gasteiger partial charge in [-0.2, -0.15) is 0 Å². The highest BCUT2D eigenvalue weighted by Crippen LogP contribution is 2.36. The van der Waals surface area contributed by atoms with Crippen LogP contribution in [0.15, 0.2) is 41.3 Å². The molecule has 0 radical (unpaired) electrons. The van der Waals surface area contributed by atoms with Gasteiger partial charge in [0, 0.05) is 63.1 Å². The molecular weight excluding hydrogens is 446 g/mol. The van der Waals surface area contributed by atoms with E-state index in [4.69, 9.17) is 9.72 Å². The number of amides is 1. The van der Waals surface area contributed by atoms with E-state index in [2.05, 4.69) is 9.88 Å². The van der Waals surface area contributed by atoms with Crippen LogP contribution in [-0.2, 0) is 30.7 Å². The molecule has 2 aliphatic rings. The normalized spacial score (nSPS) is 19.9. The molecule has 1 amide bonds. The van der Waals surface area contributed by atoms with Crippen molar-refractivity contribution in [3.05, 3.63) is 58.3 Å². The van der Waals surface area contributed by atoms with E-state index < -0.39 is 6.09 Å². The Kier molecular flexibility index (Phi) is 6.88. The number of benzene rings is 1. The maximum absolute atomic E-state index is 12.2. The van der Waals surface area contributed by atoms with Crippen LogP contribution in [0.4, 0.5) is 10.5 Å². The number of imidazole rings is 1. The number of rotatable bonds is 8. The number of nitrogens with one attached hydrogen (secondary N) is 1. The van der Waals surface area contributed by atoms with Gasteiger partial charge in [0.25, 0.3) is 5.56 Å². The molecule has 0 bridgehead atoms. The Morgan fingerprint density at radius 3 is 2.89 bits per heavy atom. The summed E-state index contributed by atoms with van der Waals surface area (Å²) >= 11 is 0. The molecule has 2 atom stereocenters. The molecule has 35 heavy (non-hydrogen) atoms. The zero-order valence-electron chi connectivity index (χ0n) is 20.2. The zero-order chi connectivity index (χ0) is 24.4. The maximum atomic E-state index is 12.2. The molecular formula is C26H33N5O4. The first-order chi connectivity index (χ1) is 17.0. The smallest absolute Gasteiger partial charge is 0.412 e. The van der Waals surface area contributed by atoms with Crippen LogP contribution in [0.5, 0.6) is 0 Å². The molecule has 2 aliphatic heterocycles. The van der Waals surface area contributed by atoms with Crippen molar-refractivity contribution >= 4 is 22.8 Å². The molecule has 1 fully saturated rings. The van der Waals surface area contributed by atoms with Gasteiger partial charge in [0.15, 0.2) is 0 Å². The summed E-state index contributed by atoms with van der Waals surface area (Å²) in [5, 5.41) is 13.3. The number of aryl methyl sites for hydroxylation is 3. The third-order valence-electron chi connectivity index (χ3n) is 7.18. The number of ether oxygens (including phenoxy) is 1. The van der Waals surface area contributed by atoms with E-state index in [9.17, 15) is 14.7 Å². The highest BCUT2D eigenvalue weighted by Gasteiger charge is 2.30. The lowest BCUT2D eigenvalue weighted by Gasteiger charge is -2.33. The summed E-state index contributed by atoms with van der Waals surface area (Å²) in [5.74, 6) is 0.906. The minimum absolute atomic E-state index is 0.0307. The van der Waals surface area contributed by atoms with Crippen molar-refractivity contribution in [1.82, 2.24) is 19.4 Å². The summed E-state index contributed by atoms with van der Waals surface area (Å²) in [6.45, 7) is 5.68. The van der Waals surface area contributed by atoms with E-state index in [1.165, 1.54) is 4.90 Å². The van der Waals surface area contributed by atoms with Gasteiger partial charge in [-0.1, -0.05) is 6.07 Å². The second-order valence-electron chi connectivity index (χ2n) is 9.47. The molecule has 2 N–H and O–H groups in total. The quantitative estimate of drug-likeness (QED) is 0.482. The maximum Gasteiger partial charge on any atom is 0.412 e. The van der Waals surface area contributed by atoms with Gasteiger partial charge in [-0.05, 0) is 50.8 Å². The summed E-state index contributed by atoms with van der Waals surface area (Å²) in [6.07, 6.45) is 5.55. The first kappa shape index (κ1) is 23.6. The molecule has 0 spiro atoms. The van der Waals surface area contributed by atoms with Crippen molar-refractivity contribution in [2.24, 2.45) is 0 Å².